The van der Waals surface area contributed by atoms with E-state index in [4.69, 9.17) is 9.47 Å². The van der Waals surface area contributed by atoms with Crippen molar-refractivity contribution in [3.63, 3.8) is 0 Å². The van der Waals surface area contributed by atoms with Gasteiger partial charge < -0.3 is 19.3 Å². The smallest absolute Gasteiger partial charge is 0.409 e. The van der Waals surface area contributed by atoms with Gasteiger partial charge >= 0.3 is 12.2 Å². The van der Waals surface area contributed by atoms with Gasteiger partial charge in [0, 0.05) is 39.3 Å². The molecule has 0 N–H and O–H groups in total. The van der Waals surface area contributed by atoms with Crippen LogP contribution in [-0.2, 0) is 19.5 Å². The van der Waals surface area contributed by atoms with Gasteiger partial charge in [-0.25, -0.2) is 18.0 Å². The van der Waals surface area contributed by atoms with Crippen LogP contribution in [0.1, 0.15) is 33.3 Å². The Balaban J connectivity index is 2.87. The number of ether oxygens (including phenoxy) is 2. The molecule has 0 fully saturated rings. The lowest BCUT2D eigenvalue weighted by Gasteiger charge is -2.24. The van der Waals surface area contributed by atoms with Crippen LogP contribution in [0.3, 0.4) is 0 Å². The van der Waals surface area contributed by atoms with Crippen LogP contribution in [0.15, 0.2) is 29.2 Å². The summed E-state index contributed by atoms with van der Waals surface area (Å²) in [5, 5.41) is 0. The number of carbonyl (C=O) groups is 2. The summed E-state index contributed by atoms with van der Waals surface area (Å²) in [6.07, 6.45) is -0.990. The second kappa shape index (κ2) is 13.2. The number of aryl methyl sites for hydroxylation is 1. The molecule has 9 nitrogen and oxygen atoms in total. The lowest BCUT2D eigenvalue weighted by atomic mass is 10.2. The molecule has 10 heteroatoms. The lowest BCUT2D eigenvalue weighted by Crippen LogP contribution is -2.39. The van der Waals surface area contributed by atoms with Crippen LogP contribution in [0.5, 0.6) is 0 Å². The van der Waals surface area contributed by atoms with Gasteiger partial charge in [0.05, 0.1) is 4.90 Å². The van der Waals surface area contributed by atoms with E-state index in [2.05, 4.69) is 0 Å². The fraction of sp³-hybridized carbons (Fsp3) is 0.619. The third-order valence-corrected chi connectivity index (χ3v) is 6.75. The summed E-state index contributed by atoms with van der Waals surface area (Å²) in [7, 11) is -3.85. The number of benzene rings is 1. The zero-order chi connectivity index (χ0) is 23.4. The highest BCUT2D eigenvalue weighted by atomic mass is 32.2. The minimum Gasteiger partial charge on any atom is -0.448 e. The zero-order valence-corrected chi connectivity index (χ0v) is 20.0. The second-order valence-electron chi connectivity index (χ2n) is 6.79. The first kappa shape index (κ1) is 26.7. The van der Waals surface area contributed by atoms with Crippen molar-refractivity contribution in [3.8, 4) is 0 Å². The SMILES string of the molecule is CCN(CC)C(=O)OCCN(CCOC(=O)N(CC)CC)S(=O)(=O)c1ccc(C)cc1. The molecule has 1 rings (SSSR count). The molecule has 0 aliphatic carbocycles. The molecule has 2 amide bonds. The van der Waals surface area contributed by atoms with Crippen molar-refractivity contribution in [2.45, 2.75) is 39.5 Å². The summed E-state index contributed by atoms with van der Waals surface area (Å²) in [6, 6.07) is 6.49. The number of hydrogen-bond acceptors (Lipinski definition) is 6. The van der Waals surface area contributed by atoms with Crippen molar-refractivity contribution in [2.75, 3.05) is 52.5 Å². The number of carbonyl (C=O) groups excluding carboxylic acids is 2. The first-order valence-electron chi connectivity index (χ1n) is 10.6. The molecule has 0 unspecified atom stereocenters. The lowest BCUT2D eigenvalue weighted by molar-refractivity contribution is 0.0914. The highest BCUT2D eigenvalue weighted by Gasteiger charge is 2.25. The molecule has 1 aromatic rings. The minimum atomic E-state index is -3.85. The first-order valence-corrected chi connectivity index (χ1v) is 12.0. The Labute approximate surface area is 185 Å². The number of rotatable bonds is 12. The maximum absolute atomic E-state index is 13.1. The number of nitrogens with zero attached hydrogens (tertiary/aromatic N) is 3. The molecular formula is C21H35N3O6S. The van der Waals surface area contributed by atoms with E-state index >= 15 is 0 Å². The van der Waals surface area contributed by atoms with Crippen molar-refractivity contribution in [1.29, 1.82) is 0 Å². The van der Waals surface area contributed by atoms with Gasteiger partial charge in [0.15, 0.2) is 0 Å². The Morgan fingerprint density at radius 3 is 1.52 bits per heavy atom. The molecule has 0 spiro atoms. The maximum Gasteiger partial charge on any atom is 0.409 e. The largest absolute Gasteiger partial charge is 0.448 e. The molecule has 0 saturated carbocycles. The normalized spacial score (nSPS) is 11.3. The van der Waals surface area contributed by atoms with Gasteiger partial charge in [-0.1, -0.05) is 17.7 Å². The number of sulfonamides is 1. The predicted molar refractivity (Wildman–Crippen MR) is 118 cm³/mol. The topological polar surface area (TPSA) is 96.5 Å². The summed E-state index contributed by atoms with van der Waals surface area (Å²) in [5.74, 6) is 0. The molecular weight excluding hydrogens is 422 g/mol. The van der Waals surface area contributed by atoms with Gasteiger partial charge in [-0.2, -0.15) is 4.31 Å². The van der Waals surface area contributed by atoms with Crippen LogP contribution in [-0.4, -0.2) is 87.2 Å². The summed E-state index contributed by atoms with van der Waals surface area (Å²) in [5.41, 5.74) is 0.937. The average Bonchev–Trinajstić information content (AvgIpc) is 2.74. The Morgan fingerprint density at radius 1 is 0.774 bits per heavy atom. The van der Waals surface area contributed by atoms with Gasteiger partial charge in [0.1, 0.15) is 13.2 Å². The van der Waals surface area contributed by atoms with Crippen LogP contribution in [0.25, 0.3) is 0 Å². The van der Waals surface area contributed by atoms with Gasteiger partial charge in [-0.3, -0.25) is 0 Å². The minimum absolute atomic E-state index is 0.0496. The molecule has 0 radical (unpaired) electrons. The van der Waals surface area contributed by atoms with Crippen molar-refractivity contribution >= 4 is 22.2 Å². The van der Waals surface area contributed by atoms with Crippen molar-refractivity contribution in [2.24, 2.45) is 0 Å². The monoisotopic (exact) mass is 457 g/mol. The molecule has 0 aromatic heterocycles. The van der Waals surface area contributed by atoms with Crippen LogP contribution < -0.4 is 0 Å². The predicted octanol–water partition coefficient (Wildman–Crippen LogP) is 2.94. The summed E-state index contributed by atoms with van der Waals surface area (Å²) < 4.78 is 37.9. The zero-order valence-electron chi connectivity index (χ0n) is 19.2. The quantitative estimate of drug-likeness (QED) is 0.479. The van der Waals surface area contributed by atoms with Crippen molar-refractivity contribution in [1.82, 2.24) is 14.1 Å². The van der Waals surface area contributed by atoms with E-state index < -0.39 is 22.2 Å². The number of amides is 2. The van der Waals surface area contributed by atoms with E-state index in [-0.39, 0.29) is 31.2 Å². The Morgan fingerprint density at radius 2 is 1.16 bits per heavy atom. The van der Waals surface area contributed by atoms with E-state index in [1.165, 1.54) is 26.2 Å². The molecule has 0 atom stereocenters. The maximum atomic E-state index is 13.1. The fourth-order valence-corrected chi connectivity index (χ4v) is 4.24. The van der Waals surface area contributed by atoms with E-state index in [0.29, 0.717) is 26.2 Å². The van der Waals surface area contributed by atoms with Crippen LogP contribution in [0.4, 0.5) is 9.59 Å². The van der Waals surface area contributed by atoms with E-state index in [1.807, 2.05) is 34.6 Å². The molecule has 176 valence electrons. The average molecular weight is 458 g/mol. The summed E-state index contributed by atoms with van der Waals surface area (Å²) >= 11 is 0. The van der Waals surface area contributed by atoms with E-state index in [1.54, 1.807) is 12.1 Å². The van der Waals surface area contributed by atoms with Crippen LogP contribution in [0.2, 0.25) is 0 Å². The fourth-order valence-electron chi connectivity index (χ4n) is 2.83. The Kier molecular flexibility index (Phi) is 11.3. The van der Waals surface area contributed by atoms with Crippen LogP contribution >= 0.6 is 0 Å². The molecule has 0 bridgehead atoms. The third kappa shape index (κ3) is 8.02. The Bertz CT molecular complexity index is 760. The highest BCUT2D eigenvalue weighted by Crippen LogP contribution is 2.16. The van der Waals surface area contributed by atoms with Gasteiger partial charge in [-0.15, -0.1) is 0 Å². The van der Waals surface area contributed by atoms with Crippen LogP contribution in [0, 0.1) is 6.92 Å². The molecule has 0 aliphatic heterocycles. The molecule has 31 heavy (non-hydrogen) atoms. The third-order valence-electron chi connectivity index (χ3n) is 4.83. The molecule has 0 saturated heterocycles. The first-order chi connectivity index (χ1) is 14.7. The van der Waals surface area contributed by atoms with Crippen molar-refractivity contribution in [3.05, 3.63) is 29.8 Å². The van der Waals surface area contributed by atoms with Gasteiger partial charge in [0.2, 0.25) is 10.0 Å². The number of hydrogen-bond donors (Lipinski definition) is 0. The molecule has 0 heterocycles. The van der Waals surface area contributed by atoms with Crippen molar-refractivity contribution < 1.29 is 27.5 Å². The van der Waals surface area contributed by atoms with E-state index in [9.17, 15) is 18.0 Å². The molecule has 1 aromatic carbocycles. The highest BCUT2D eigenvalue weighted by molar-refractivity contribution is 7.89. The Hall–Kier alpha value is -2.33. The van der Waals surface area contributed by atoms with Gasteiger partial charge in [0.25, 0.3) is 0 Å². The summed E-state index contributed by atoms with van der Waals surface area (Å²) in [6.45, 7) is 10.9. The van der Waals surface area contributed by atoms with Gasteiger partial charge in [-0.05, 0) is 46.8 Å². The summed E-state index contributed by atoms with van der Waals surface area (Å²) in [4.78, 5) is 27.2. The molecule has 0 aliphatic rings. The second-order valence-corrected chi connectivity index (χ2v) is 8.73. The standard InChI is InChI=1S/C21H35N3O6S/c1-6-22(7-2)20(25)29-16-14-24(15-17-30-21(26)23(8-3)9-4)31(27,28)19-12-10-18(5)11-13-19/h10-13H,6-9,14-17H2,1-5H3. The van der Waals surface area contributed by atoms with E-state index in [0.717, 1.165) is 5.56 Å².